The average Bonchev–Trinajstić information content (AvgIpc) is 2.34. The van der Waals surface area contributed by atoms with Crippen LogP contribution in [-0.2, 0) is 9.47 Å². The molecule has 1 aliphatic heterocycles. The Kier molecular flexibility index (Phi) is 4.28. The summed E-state index contributed by atoms with van der Waals surface area (Å²) in [5, 5.41) is 10.5. The van der Waals surface area contributed by atoms with Gasteiger partial charge in [-0.25, -0.2) is 0 Å². The van der Waals surface area contributed by atoms with Gasteiger partial charge in [-0.1, -0.05) is 13.8 Å². The van der Waals surface area contributed by atoms with Crippen LogP contribution in [0.1, 0.15) is 48.0 Å². The van der Waals surface area contributed by atoms with Crippen LogP contribution in [-0.4, -0.2) is 35.6 Å². The van der Waals surface area contributed by atoms with Crippen LogP contribution >= 0.6 is 0 Å². The van der Waals surface area contributed by atoms with Crippen LogP contribution in [0.2, 0.25) is 0 Å². The lowest BCUT2D eigenvalue weighted by Crippen LogP contribution is -2.45. The van der Waals surface area contributed by atoms with Crippen molar-refractivity contribution in [3.63, 3.8) is 0 Å². The van der Waals surface area contributed by atoms with Gasteiger partial charge in [-0.15, -0.1) is 0 Å². The number of ether oxygens (including phenoxy) is 2. The van der Waals surface area contributed by atoms with E-state index in [9.17, 15) is 5.11 Å². The van der Waals surface area contributed by atoms with Gasteiger partial charge in [0.2, 0.25) is 0 Å². The summed E-state index contributed by atoms with van der Waals surface area (Å²) in [5.74, 6) is 0.416. The molecule has 3 nitrogen and oxygen atoms in total. The molecular formula is C14H28O3. The van der Waals surface area contributed by atoms with Gasteiger partial charge in [-0.2, -0.15) is 0 Å². The third-order valence-electron chi connectivity index (χ3n) is 3.82. The fourth-order valence-electron chi connectivity index (χ4n) is 3.17. The lowest BCUT2D eigenvalue weighted by molar-refractivity contribution is -0.116. The van der Waals surface area contributed by atoms with E-state index in [1.165, 1.54) is 0 Å². The van der Waals surface area contributed by atoms with Crippen LogP contribution < -0.4 is 0 Å². The number of methoxy groups -OCH3 is 1. The molecule has 0 radical (unpaired) electrons. The molecule has 1 saturated heterocycles. The molecule has 0 aromatic rings. The largest absolute Gasteiger partial charge is 0.390 e. The number of rotatable bonds is 4. The van der Waals surface area contributed by atoms with Gasteiger partial charge in [0.05, 0.1) is 23.4 Å². The zero-order valence-corrected chi connectivity index (χ0v) is 12.3. The van der Waals surface area contributed by atoms with Gasteiger partial charge >= 0.3 is 0 Å². The molecule has 1 N–H and O–H groups in total. The van der Waals surface area contributed by atoms with Crippen molar-refractivity contribution in [2.75, 3.05) is 7.11 Å². The molecule has 1 heterocycles. The van der Waals surface area contributed by atoms with Crippen molar-refractivity contribution in [3.8, 4) is 0 Å². The molecule has 1 fully saturated rings. The first-order chi connectivity index (χ1) is 7.60. The van der Waals surface area contributed by atoms with E-state index in [1.807, 2.05) is 0 Å². The van der Waals surface area contributed by atoms with Crippen molar-refractivity contribution in [3.05, 3.63) is 0 Å². The molecule has 1 rings (SSSR count). The minimum Gasteiger partial charge on any atom is -0.390 e. The zero-order chi connectivity index (χ0) is 13.4. The van der Waals surface area contributed by atoms with E-state index >= 15 is 0 Å². The highest BCUT2D eigenvalue weighted by molar-refractivity contribution is 4.99. The highest BCUT2D eigenvalue weighted by Crippen LogP contribution is 2.44. The molecule has 0 amide bonds. The third-order valence-corrected chi connectivity index (χ3v) is 3.82. The van der Waals surface area contributed by atoms with Gasteiger partial charge in [0.1, 0.15) is 0 Å². The number of aliphatic hydroxyl groups is 1. The maximum atomic E-state index is 10.5. The predicted octanol–water partition coefficient (Wildman–Crippen LogP) is 2.61. The van der Waals surface area contributed by atoms with Gasteiger partial charge in [-0.3, -0.25) is 0 Å². The molecule has 0 aromatic carbocycles. The Morgan fingerprint density at radius 3 is 2.06 bits per heavy atom. The zero-order valence-electron chi connectivity index (χ0n) is 12.3. The average molecular weight is 244 g/mol. The Labute approximate surface area is 105 Å². The molecule has 102 valence electrons. The highest BCUT2D eigenvalue weighted by Gasteiger charge is 2.50. The number of aliphatic hydroxyl groups excluding tert-OH is 1. The monoisotopic (exact) mass is 244 g/mol. The van der Waals surface area contributed by atoms with Crippen molar-refractivity contribution >= 4 is 0 Å². The second-order valence-electron chi connectivity index (χ2n) is 6.71. The molecule has 3 heteroatoms. The first kappa shape index (κ1) is 14.9. The van der Waals surface area contributed by atoms with Crippen LogP contribution in [0.4, 0.5) is 0 Å². The van der Waals surface area contributed by atoms with E-state index in [0.717, 1.165) is 6.42 Å². The molecular weight excluding hydrogens is 216 g/mol. The van der Waals surface area contributed by atoms with Gasteiger partial charge < -0.3 is 14.6 Å². The maximum Gasteiger partial charge on any atom is 0.0860 e. The van der Waals surface area contributed by atoms with Crippen LogP contribution in [0.25, 0.3) is 0 Å². The van der Waals surface area contributed by atoms with Gasteiger partial charge in [0, 0.05) is 13.0 Å². The molecule has 1 aliphatic rings. The summed E-state index contributed by atoms with van der Waals surface area (Å²) in [5.41, 5.74) is -0.459. The van der Waals surface area contributed by atoms with Crippen LogP contribution in [0.15, 0.2) is 0 Å². The summed E-state index contributed by atoms with van der Waals surface area (Å²) in [6.07, 6.45) is 0.266. The summed E-state index contributed by atoms with van der Waals surface area (Å²) >= 11 is 0. The Balaban J connectivity index is 2.85. The predicted molar refractivity (Wildman–Crippen MR) is 69.0 cm³/mol. The summed E-state index contributed by atoms with van der Waals surface area (Å²) in [6, 6.07) is 0. The number of hydrogen-bond acceptors (Lipinski definition) is 3. The Hall–Kier alpha value is -0.120. The van der Waals surface area contributed by atoms with E-state index in [4.69, 9.17) is 9.47 Å². The van der Waals surface area contributed by atoms with Crippen LogP contribution in [0, 0.1) is 11.8 Å². The summed E-state index contributed by atoms with van der Waals surface area (Å²) in [6.45, 7) is 12.4. The smallest absolute Gasteiger partial charge is 0.0860 e. The standard InChI is InChI=1S/C14H28O3/c1-9(2)12(16-7)11(15)10-8-13(3,4)17-14(10,5)6/h9-12,15H,8H2,1-7H3. The second-order valence-corrected chi connectivity index (χ2v) is 6.71. The minimum atomic E-state index is -0.475. The van der Waals surface area contributed by atoms with Gasteiger partial charge in [0.15, 0.2) is 0 Å². The topological polar surface area (TPSA) is 38.7 Å². The highest BCUT2D eigenvalue weighted by atomic mass is 16.5. The lowest BCUT2D eigenvalue weighted by atomic mass is 9.79. The first-order valence-electron chi connectivity index (χ1n) is 6.52. The molecule has 17 heavy (non-hydrogen) atoms. The third kappa shape index (κ3) is 3.21. The summed E-state index contributed by atoms with van der Waals surface area (Å²) in [7, 11) is 1.67. The SMILES string of the molecule is COC(C(C)C)C(O)C1CC(C)(C)OC1(C)C. The minimum absolute atomic E-state index is 0.116. The second kappa shape index (κ2) is 4.87. The molecule has 3 atom stereocenters. The Morgan fingerprint density at radius 1 is 1.24 bits per heavy atom. The molecule has 0 saturated carbocycles. The van der Waals surface area contributed by atoms with E-state index in [0.29, 0.717) is 5.92 Å². The van der Waals surface area contributed by atoms with E-state index in [-0.39, 0.29) is 23.2 Å². The summed E-state index contributed by atoms with van der Waals surface area (Å²) in [4.78, 5) is 0. The Bertz CT molecular complexity index is 258. The Morgan fingerprint density at radius 2 is 1.76 bits per heavy atom. The summed E-state index contributed by atoms with van der Waals surface area (Å²) < 4.78 is 11.5. The lowest BCUT2D eigenvalue weighted by Gasteiger charge is -2.35. The van der Waals surface area contributed by atoms with E-state index in [2.05, 4.69) is 41.5 Å². The van der Waals surface area contributed by atoms with Crippen molar-refractivity contribution in [2.24, 2.45) is 11.8 Å². The van der Waals surface area contributed by atoms with Crippen LogP contribution in [0.3, 0.4) is 0 Å². The van der Waals surface area contributed by atoms with Crippen molar-refractivity contribution < 1.29 is 14.6 Å². The van der Waals surface area contributed by atoms with Crippen molar-refractivity contribution in [2.45, 2.75) is 71.4 Å². The maximum absolute atomic E-state index is 10.5. The molecule has 3 unspecified atom stereocenters. The number of hydrogen-bond donors (Lipinski definition) is 1. The van der Waals surface area contributed by atoms with Gasteiger partial charge in [0.25, 0.3) is 0 Å². The fourth-order valence-corrected chi connectivity index (χ4v) is 3.17. The van der Waals surface area contributed by atoms with E-state index < -0.39 is 6.10 Å². The van der Waals surface area contributed by atoms with Crippen molar-refractivity contribution in [1.29, 1.82) is 0 Å². The molecule has 0 bridgehead atoms. The van der Waals surface area contributed by atoms with E-state index in [1.54, 1.807) is 7.11 Å². The molecule has 0 aromatic heterocycles. The molecule has 0 spiro atoms. The van der Waals surface area contributed by atoms with Crippen LogP contribution in [0.5, 0.6) is 0 Å². The fraction of sp³-hybridized carbons (Fsp3) is 1.00. The first-order valence-corrected chi connectivity index (χ1v) is 6.52. The normalized spacial score (nSPS) is 30.5. The van der Waals surface area contributed by atoms with Gasteiger partial charge in [-0.05, 0) is 40.0 Å². The molecule has 0 aliphatic carbocycles. The van der Waals surface area contributed by atoms with Crippen molar-refractivity contribution in [1.82, 2.24) is 0 Å². The quantitative estimate of drug-likeness (QED) is 0.826.